The van der Waals surface area contributed by atoms with Crippen molar-refractivity contribution in [3.8, 4) is 11.9 Å². The van der Waals surface area contributed by atoms with Crippen molar-refractivity contribution in [2.45, 2.75) is 4.90 Å². The van der Waals surface area contributed by atoms with Gasteiger partial charge in [-0.2, -0.15) is 9.97 Å². The van der Waals surface area contributed by atoms with Gasteiger partial charge in [0, 0.05) is 11.8 Å². The van der Waals surface area contributed by atoms with Crippen LogP contribution in [0.4, 0.5) is 11.5 Å². The minimum absolute atomic E-state index is 0.0332. The molecule has 9 heteroatoms. The lowest BCUT2D eigenvalue weighted by atomic mass is 10.3. The molecule has 0 aliphatic carbocycles. The van der Waals surface area contributed by atoms with Gasteiger partial charge in [0.2, 0.25) is 15.9 Å². The largest absolute Gasteiger partial charge is 0.481 e. The van der Waals surface area contributed by atoms with E-state index in [-0.39, 0.29) is 10.9 Å². The predicted molar refractivity (Wildman–Crippen MR) is 76.2 cm³/mol. The Morgan fingerprint density at radius 2 is 1.76 bits per heavy atom. The molecule has 0 saturated heterocycles. The number of nitrogens with zero attached hydrogens (tertiary/aromatic N) is 2. The number of hydrogen-bond acceptors (Lipinski definition) is 7. The molecule has 1 aromatic heterocycles. The van der Waals surface area contributed by atoms with Crippen molar-refractivity contribution in [2.24, 2.45) is 5.14 Å². The molecule has 0 aliphatic rings. The molecular weight excluding hydrogens is 296 g/mol. The maximum Gasteiger partial charge on any atom is 0.321 e. The molecule has 0 atom stereocenters. The second-order valence-electron chi connectivity index (χ2n) is 3.98. The zero-order chi connectivity index (χ0) is 15.5. The fraction of sp³-hybridized carbons (Fsp3) is 0.167. The zero-order valence-corrected chi connectivity index (χ0v) is 12.2. The number of nitrogens with one attached hydrogen (secondary N) is 1. The molecule has 0 radical (unpaired) electrons. The van der Waals surface area contributed by atoms with Crippen LogP contribution >= 0.6 is 0 Å². The molecule has 0 spiro atoms. The Morgan fingerprint density at radius 3 is 2.29 bits per heavy atom. The minimum Gasteiger partial charge on any atom is -0.481 e. The van der Waals surface area contributed by atoms with Crippen LogP contribution in [0.15, 0.2) is 35.2 Å². The summed E-state index contributed by atoms with van der Waals surface area (Å²) in [5.41, 5.74) is 0.630. The Balaban J connectivity index is 2.25. The molecule has 8 nitrogen and oxygen atoms in total. The zero-order valence-electron chi connectivity index (χ0n) is 11.4. The molecule has 1 aromatic carbocycles. The van der Waals surface area contributed by atoms with Gasteiger partial charge in [0.1, 0.15) is 5.82 Å². The number of sulfonamides is 1. The van der Waals surface area contributed by atoms with Crippen LogP contribution in [0, 0.1) is 0 Å². The highest BCUT2D eigenvalue weighted by atomic mass is 32.2. The molecule has 0 aliphatic heterocycles. The topological polar surface area (TPSA) is 116 Å². The summed E-state index contributed by atoms with van der Waals surface area (Å²) < 4.78 is 32.3. The van der Waals surface area contributed by atoms with Gasteiger partial charge in [-0.15, -0.1) is 0 Å². The Hall–Kier alpha value is -2.39. The summed E-state index contributed by atoms with van der Waals surface area (Å²) in [5, 5.41) is 8.02. The van der Waals surface area contributed by atoms with Gasteiger partial charge < -0.3 is 14.8 Å². The number of rotatable bonds is 5. The van der Waals surface area contributed by atoms with E-state index in [0.717, 1.165) is 0 Å². The first-order valence-corrected chi connectivity index (χ1v) is 7.34. The summed E-state index contributed by atoms with van der Waals surface area (Å²) in [6.45, 7) is 0. The maximum atomic E-state index is 11.2. The van der Waals surface area contributed by atoms with Crippen LogP contribution in [-0.2, 0) is 10.0 Å². The van der Waals surface area contributed by atoms with Gasteiger partial charge in [-0.3, -0.25) is 0 Å². The predicted octanol–water partition coefficient (Wildman–Crippen LogP) is 0.885. The quantitative estimate of drug-likeness (QED) is 0.842. The summed E-state index contributed by atoms with van der Waals surface area (Å²) in [4.78, 5) is 8.10. The first-order chi connectivity index (χ1) is 9.92. The van der Waals surface area contributed by atoms with E-state index in [1.54, 1.807) is 18.2 Å². The SMILES string of the molecule is COc1cc(Nc2ccc(S(N)(=O)=O)cc2)nc(OC)n1. The molecule has 0 saturated carbocycles. The van der Waals surface area contributed by atoms with Gasteiger partial charge in [0.25, 0.3) is 0 Å². The standard InChI is InChI=1S/C12H14N4O4S/c1-19-11-7-10(15-12(16-11)20-2)14-8-3-5-9(6-4-8)21(13,17)18/h3-7H,1-2H3,(H2,13,17,18)(H,14,15,16). The lowest BCUT2D eigenvalue weighted by molar-refractivity contribution is 0.353. The number of methoxy groups -OCH3 is 2. The van der Waals surface area contributed by atoms with E-state index < -0.39 is 10.0 Å². The highest BCUT2D eigenvalue weighted by Crippen LogP contribution is 2.21. The van der Waals surface area contributed by atoms with Crippen LogP contribution in [0.2, 0.25) is 0 Å². The number of primary sulfonamides is 1. The number of benzene rings is 1. The van der Waals surface area contributed by atoms with E-state index in [1.807, 2.05) is 0 Å². The first-order valence-electron chi connectivity index (χ1n) is 5.79. The fourth-order valence-electron chi connectivity index (χ4n) is 1.54. The van der Waals surface area contributed by atoms with Crippen molar-refractivity contribution in [1.82, 2.24) is 9.97 Å². The number of hydrogen-bond donors (Lipinski definition) is 2. The molecule has 0 unspecified atom stereocenters. The average molecular weight is 310 g/mol. The summed E-state index contributed by atoms with van der Waals surface area (Å²) in [5.74, 6) is 0.785. The van der Waals surface area contributed by atoms with Gasteiger partial charge in [0.15, 0.2) is 0 Å². The maximum absolute atomic E-state index is 11.2. The number of anilines is 2. The smallest absolute Gasteiger partial charge is 0.321 e. The van der Waals surface area contributed by atoms with Gasteiger partial charge in [-0.1, -0.05) is 0 Å². The van der Waals surface area contributed by atoms with Crippen LogP contribution < -0.4 is 19.9 Å². The number of ether oxygens (including phenoxy) is 2. The van der Waals surface area contributed by atoms with Crippen molar-refractivity contribution >= 4 is 21.5 Å². The van der Waals surface area contributed by atoms with Gasteiger partial charge in [-0.25, -0.2) is 13.6 Å². The summed E-state index contributed by atoms with van der Waals surface area (Å²) in [6.07, 6.45) is 0. The lowest BCUT2D eigenvalue weighted by Gasteiger charge is -2.09. The number of nitrogens with two attached hydrogens (primary N) is 1. The Morgan fingerprint density at radius 1 is 1.10 bits per heavy atom. The molecule has 21 heavy (non-hydrogen) atoms. The van der Waals surface area contributed by atoms with Gasteiger partial charge in [0.05, 0.1) is 19.1 Å². The molecule has 0 fully saturated rings. The fourth-order valence-corrected chi connectivity index (χ4v) is 2.05. The molecule has 112 valence electrons. The third-order valence-corrected chi connectivity index (χ3v) is 3.46. The summed E-state index contributed by atoms with van der Waals surface area (Å²) >= 11 is 0. The van der Waals surface area contributed by atoms with Crippen molar-refractivity contribution in [3.05, 3.63) is 30.3 Å². The van der Waals surface area contributed by atoms with E-state index in [2.05, 4.69) is 15.3 Å². The minimum atomic E-state index is -3.71. The van der Waals surface area contributed by atoms with Crippen LogP contribution in [0.25, 0.3) is 0 Å². The van der Waals surface area contributed by atoms with Crippen molar-refractivity contribution in [1.29, 1.82) is 0 Å². The van der Waals surface area contributed by atoms with E-state index >= 15 is 0 Å². The highest BCUT2D eigenvalue weighted by molar-refractivity contribution is 7.89. The molecule has 0 bridgehead atoms. The van der Waals surface area contributed by atoms with Crippen LogP contribution in [0.1, 0.15) is 0 Å². The molecule has 2 rings (SSSR count). The molecule has 2 aromatic rings. The van der Waals surface area contributed by atoms with Crippen molar-refractivity contribution in [3.63, 3.8) is 0 Å². The second kappa shape index (κ2) is 5.94. The monoisotopic (exact) mass is 310 g/mol. The Bertz CT molecular complexity index is 709. The first kappa shape index (κ1) is 15.0. The Kier molecular flexibility index (Phi) is 4.24. The average Bonchev–Trinajstić information content (AvgIpc) is 2.46. The van der Waals surface area contributed by atoms with Gasteiger partial charge >= 0.3 is 6.01 Å². The number of aromatic nitrogens is 2. The Labute approximate surface area is 122 Å². The molecular formula is C12H14N4O4S. The lowest BCUT2D eigenvalue weighted by Crippen LogP contribution is -2.11. The van der Waals surface area contributed by atoms with E-state index in [9.17, 15) is 8.42 Å². The molecule has 0 amide bonds. The molecule has 1 heterocycles. The summed E-state index contributed by atoms with van der Waals surface area (Å²) in [6, 6.07) is 7.66. The molecule has 3 N–H and O–H groups in total. The normalized spacial score (nSPS) is 11.0. The van der Waals surface area contributed by atoms with Crippen LogP contribution in [-0.4, -0.2) is 32.6 Å². The van der Waals surface area contributed by atoms with Gasteiger partial charge in [-0.05, 0) is 24.3 Å². The third-order valence-electron chi connectivity index (χ3n) is 2.53. The summed E-state index contributed by atoms with van der Waals surface area (Å²) in [7, 11) is -0.785. The van der Waals surface area contributed by atoms with Crippen LogP contribution in [0.3, 0.4) is 0 Å². The second-order valence-corrected chi connectivity index (χ2v) is 5.54. The van der Waals surface area contributed by atoms with Crippen molar-refractivity contribution in [2.75, 3.05) is 19.5 Å². The highest BCUT2D eigenvalue weighted by Gasteiger charge is 2.08. The van der Waals surface area contributed by atoms with E-state index in [4.69, 9.17) is 14.6 Å². The third kappa shape index (κ3) is 3.80. The van der Waals surface area contributed by atoms with E-state index in [1.165, 1.54) is 26.4 Å². The van der Waals surface area contributed by atoms with E-state index in [0.29, 0.717) is 17.4 Å². The van der Waals surface area contributed by atoms with Crippen molar-refractivity contribution < 1.29 is 17.9 Å². The van der Waals surface area contributed by atoms with Crippen LogP contribution in [0.5, 0.6) is 11.9 Å².